The zero-order valence-corrected chi connectivity index (χ0v) is 19.3. The number of ether oxygens (including phenoxy) is 1. The molecule has 1 unspecified atom stereocenters. The molecule has 1 fully saturated rings. The Bertz CT molecular complexity index is 865. The molecule has 4 rings (SSSR count). The average molecular weight is 437 g/mol. The third-order valence-corrected chi connectivity index (χ3v) is 6.67. The van der Waals surface area contributed by atoms with Crippen molar-refractivity contribution in [2.24, 2.45) is 0 Å². The van der Waals surface area contributed by atoms with Crippen LogP contribution in [0.1, 0.15) is 48.5 Å². The van der Waals surface area contributed by atoms with Crippen molar-refractivity contribution in [1.82, 2.24) is 14.8 Å². The van der Waals surface area contributed by atoms with Crippen LogP contribution in [0.2, 0.25) is 0 Å². The fourth-order valence-corrected chi connectivity index (χ4v) is 4.81. The summed E-state index contributed by atoms with van der Waals surface area (Å²) in [7, 11) is 1.48. The number of carbonyl (C=O) groups excluding carboxylic acids is 1. The van der Waals surface area contributed by atoms with Gasteiger partial charge in [-0.15, -0.1) is 0 Å². The number of nitrogens with one attached hydrogen (secondary N) is 1. The molecule has 6 nitrogen and oxygen atoms in total. The van der Waals surface area contributed by atoms with Gasteiger partial charge in [-0.05, 0) is 55.8 Å². The molecule has 0 spiro atoms. The molecule has 2 aliphatic rings. The van der Waals surface area contributed by atoms with Crippen molar-refractivity contribution in [1.29, 1.82) is 0 Å². The summed E-state index contributed by atoms with van der Waals surface area (Å²) < 4.78 is 5.10. The minimum Gasteiger partial charge on any atom is -0.468 e. The summed E-state index contributed by atoms with van der Waals surface area (Å²) in [5.41, 5.74) is 3.58. The summed E-state index contributed by atoms with van der Waals surface area (Å²) in [4.78, 5) is 22.0. The number of anilines is 1. The number of hydrogen-bond donors (Lipinski definition) is 1. The van der Waals surface area contributed by atoms with E-state index in [4.69, 9.17) is 9.72 Å². The third-order valence-electron chi connectivity index (χ3n) is 6.67. The van der Waals surface area contributed by atoms with Crippen LogP contribution in [0.5, 0.6) is 0 Å². The van der Waals surface area contributed by atoms with E-state index in [0.717, 1.165) is 63.5 Å². The molecule has 1 atom stereocenters. The number of hydrogen-bond acceptors (Lipinski definition) is 6. The monoisotopic (exact) mass is 436 g/mol. The normalized spacial score (nSPS) is 17.9. The predicted molar refractivity (Wildman–Crippen MR) is 128 cm³/mol. The fourth-order valence-electron chi connectivity index (χ4n) is 4.81. The third kappa shape index (κ3) is 5.87. The molecule has 0 radical (unpaired) electrons. The average Bonchev–Trinajstić information content (AvgIpc) is 2.85. The maximum absolute atomic E-state index is 12.4. The molecule has 1 aromatic carbocycles. The minimum absolute atomic E-state index is 0.171. The van der Waals surface area contributed by atoms with Gasteiger partial charge in [0.25, 0.3) is 0 Å². The quantitative estimate of drug-likeness (QED) is 0.478. The molecule has 0 bridgehead atoms. The van der Waals surface area contributed by atoms with E-state index in [2.05, 4.69) is 27.2 Å². The molecule has 3 heterocycles. The lowest BCUT2D eigenvalue weighted by Crippen LogP contribution is -2.49. The van der Waals surface area contributed by atoms with Gasteiger partial charge in [0, 0.05) is 38.4 Å². The van der Waals surface area contributed by atoms with Crippen molar-refractivity contribution in [2.45, 2.75) is 44.6 Å². The zero-order valence-electron chi connectivity index (χ0n) is 19.3. The van der Waals surface area contributed by atoms with Gasteiger partial charge in [-0.2, -0.15) is 0 Å². The first-order chi connectivity index (χ1) is 15.7. The fraction of sp³-hybridized carbons (Fsp3) is 0.538. The Morgan fingerprint density at radius 3 is 2.66 bits per heavy atom. The Kier molecular flexibility index (Phi) is 8.13. The molecule has 32 heavy (non-hydrogen) atoms. The zero-order chi connectivity index (χ0) is 22.2. The lowest BCUT2D eigenvalue weighted by Gasteiger charge is -2.38. The van der Waals surface area contributed by atoms with Gasteiger partial charge < -0.3 is 15.0 Å². The molecular weight excluding hydrogens is 400 g/mol. The van der Waals surface area contributed by atoms with Gasteiger partial charge in [-0.1, -0.05) is 42.8 Å². The number of carbonyl (C=O) groups is 1. The molecule has 1 saturated heterocycles. The Hall–Kier alpha value is -2.44. The van der Waals surface area contributed by atoms with Gasteiger partial charge in [-0.25, -0.2) is 9.78 Å². The summed E-state index contributed by atoms with van der Waals surface area (Å²) >= 11 is 0. The van der Waals surface area contributed by atoms with Crippen LogP contribution in [0.15, 0.2) is 42.5 Å². The summed E-state index contributed by atoms with van der Waals surface area (Å²) in [6.45, 7) is 5.95. The second kappa shape index (κ2) is 11.4. The molecule has 172 valence electrons. The first kappa shape index (κ1) is 22.7. The van der Waals surface area contributed by atoms with Crippen LogP contribution in [0.25, 0.3) is 0 Å². The van der Waals surface area contributed by atoms with E-state index in [0.29, 0.717) is 0 Å². The topological polar surface area (TPSA) is 57.7 Å². The van der Waals surface area contributed by atoms with Crippen LogP contribution < -0.4 is 5.32 Å². The van der Waals surface area contributed by atoms with Gasteiger partial charge >= 0.3 is 5.97 Å². The number of nitrogens with zero attached hydrogens (tertiary/aromatic N) is 3. The van der Waals surface area contributed by atoms with E-state index in [1.165, 1.54) is 44.1 Å². The molecule has 6 heteroatoms. The van der Waals surface area contributed by atoms with Crippen molar-refractivity contribution in [2.75, 3.05) is 51.7 Å². The highest BCUT2D eigenvalue weighted by Crippen LogP contribution is 2.24. The lowest BCUT2D eigenvalue weighted by molar-refractivity contribution is -0.148. The highest BCUT2D eigenvalue weighted by molar-refractivity contribution is 5.77. The van der Waals surface area contributed by atoms with E-state index < -0.39 is 0 Å². The second-order valence-corrected chi connectivity index (χ2v) is 8.87. The Labute approximate surface area is 192 Å². The van der Waals surface area contributed by atoms with Crippen LogP contribution >= 0.6 is 0 Å². The molecule has 0 aliphatic carbocycles. The molecule has 1 N–H and O–H groups in total. The smallest absolute Gasteiger partial charge is 0.327 e. The van der Waals surface area contributed by atoms with E-state index >= 15 is 0 Å². The van der Waals surface area contributed by atoms with E-state index in [1.54, 1.807) is 0 Å². The standard InChI is InChI=1S/C26H36N4O2/c1-32-26(31)24(21-9-4-2-5-10-21)30-19-17-29(18-20-30)16-7-3-6-12-23-14-13-22-11-8-15-27-25(22)28-23/h2,4-5,9-10,13-14,24H,3,6-8,11-12,15-20H2,1H3,(H,27,28). The predicted octanol–water partition coefficient (Wildman–Crippen LogP) is 3.68. The molecular formula is C26H36N4O2. The van der Waals surface area contributed by atoms with Crippen LogP contribution in [0.4, 0.5) is 5.82 Å². The van der Waals surface area contributed by atoms with Crippen LogP contribution in [0.3, 0.4) is 0 Å². The van der Waals surface area contributed by atoms with Crippen molar-refractivity contribution in [3.63, 3.8) is 0 Å². The number of aryl methyl sites for hydroxylation is 2. The highest BCUT2D eigenvalue weighted by Gasteiger charge is 2.30. The van der Waals surface area contributed by atoms with E-state index in [-0.39, 0.29) is 12.0 Å². The number of unbranched alkanes of at least 4 members (excludes halogenated alkanes) is 2. The van der Waals surface area contributed by atoms with Crippen LogP contribution in [-0.2, 0) is 22.4 Å². The number of esters is 1. The number of methoxy groups -OCH3 is 1. The van der Waals surface area contributed by atoms with E-state index in [9.17, 15) is 4.79 Å². The first-order valence-corrected chi connectivity index (χ1v) is 12.1. The Balaban J connectivity index is 1.17. The number of benzene rings is 1. The van der Waals surface area contributed by atoms with Gasteiger partial charge in [0.15, 0.2) is 0 Å². The Morgan fingerprint density at radius 2 is 1.88 bits per heavy atom. The van der Waals surface area contributed by atoms with Crippen molar-refractivity contribution in [3.05, 3.63) is 59.3 Å². The number of pyridine rings is 1. The summed E-state index contributed by atoms with van der Waals surface area (Å²) in [6, 6.07) is 14.1. The van der Waals surface area contributed by atoms with Crippen molar-refractivity contribution in [3.8, 4) is 0 Å². The van der Waals surface area contributed by atoms with Gasteiger partial charge in [-0.3, -0.25) is 4.90 Å². The maximum atomic E-state index is 12.4. The molecule has 0 amide bonds. The van der Waals surface area contributed by atoms with Gasteiger partial charge in [0.05, 0.1) is 7.11 Å². The second-order valence-electron chi connectivity index (χ2n) is 8.87. The molecule has 1 aromatic heterocycles. The number of aromatic nitrogens is 1. The summed E-state index contributed by atoms with van der Waals surface area (Å²) in [5, 5.41) is 3.43. The van der Waals surface area contributed by atoms with Crippen LogP contribution in [-0.4, -0.2) is 67.1 Å². The lowest BCUT2D eigenvalue weighted by atomic mass is 10.0. The minimum atomic E-state index is -0.304. The summed E-state index contributed by atoms with van der Waals surface area (Å²) in [6.07, 6.45) is 7.03. The molecule has 2 aliphatic heterocycles. The number of piperazine rings is 1. The van der Waals surface area contributed by atoms with Gasteiger partial charge in [0.2, 0.25) is 0 Å². The Morgan fingerprint density at radius 1 is 1.06 bits per heavy atom. The number of rotatable bonds is 9. The van der Waals surface area contributed by atoms with Crippen molar-refractivity contribution < 1.29 is 9.53 Å². The SMILES string of the molecule is COC(=O)C(c1ccccc1)N1CCN(CCCCCc2ccc3c(n2)NCCC3)CC1. The summed E-state index contributed by atoms with van der Waals surface area (Å²) in [5.74, 6) is 0.933. The molecule has 0 saturated carbocycles. The van der Waals surface area contributed by atoms with Crippen molar-refractivity contribution >= 4 is 11.8 Å². The van der Waals surface area contributed by atoms with Gasteiger partial charge in [0.1, 0.15) is 11.9 Å². The number of fused-ring (bicyclic) bond motifs is 1. The van der Waals surface area contributed by atoms with Crippen LogP contribution in [0, 0.1) is 0 Å². The highest BCUT2D eigenvalue weighted by atomic mass is 16.5. The first-order valence-electron chi connectivity index (χ1n) is 12.1. The maximum Gasteiger partial charge on any atom is 0.327 e. The molecule has 2 aromatic rings. The van der Waals surface area contributed by atoms with E-state index in [1.807, 2.05) is 30.3 Å². The largest absolute Gasteiger partial charge is 0.468 e.